The highest BCUT2D eigenvalue weighted by molar-refractivity contribution is 9.10. The zero-order chi connectivity index (χ0) is 20.4. The van der Waals surface area contributed by atoms with Crippen molar-refractivity contribution in [2.75, 3.05) is 20.3 Å². The standard InChI is InChI=1S/C20H18BrN3O4/c1-3-9-28-19-15(10-16(21)11-17(19)27-2)12-23-24-18(25)13-22-20(26)14-7-5-4-6-8-14/h1,4-8,10-12H,9,13H2,2H3,(H,22,26)(H,24,25)/b23-12-. The topological polar surface area (TPSA) is 89.0 Å². The lowest BCUT2D eigenvalue weighted by Gasteiger charge is -2.12. The number of nitrogens with zero attached hydrogens (tertiary/aromatic N) is 1. The minimum atomic E-state index is -0.478. The first-order valence-corrected chi connectivity index (χ1v) is 8.93. The van der Waals surface area contributed by atoms with Crippen LogP contribution < -0.4 is 20.2 Å². The Labute approximate surface area is 171 Å². The Kier molecular flexibility index (Phi) is 8.06. The van der Waals surface area contributed by atoms with Crippen LogP contribution in [0.4, 0.5) is 0 Å². The quantitative estimate of drug-likeness (QED) is 0.372. The van der Waals surface area contributed by atoms with Crippen molar-refractivity contribution in [1.29, 1.82) is 0 Å². The van der Waals surface area contributed by atoms with Gasteiger partial charge >= 0.3 is 0 Å². The summed E-state index contributed by atoms with van der Waals surface area (Å²) in [4.78, 5) is 23.8. The summed E-state index contributed by atoms with van der Waals surface area (Å²) in [7, 11) is 1.50. The summed E-state index contributed by atoms with van der Waals surface area (Å²) < 4.78 is 11.5. The molecule has 0 saturated heterocycles. The minimum absolute atomic E-state index is 0.0523. The lowest BCUT2D eigenvalue weighted by molar-refractivity contribution is -0.120. The van der Waals surface area contributed by atoms with Gasteiger partial charge in [-0.1, -0.05) is 40.0 Å². The summed E-state index contributed by atoms with van der Waals surface area (Å²) in [6.45, 7) is -0.163. The molecule has 0 atom stereocenters. The first-order chi connectivity index (χ1) is 13.5. The summed E-state index contributed by atoms with van der Waals surface area (Å²) in [6, 6.07) is 12.1. The van der Waals surface area contributed by atoms with Crippen molar-refractivity contribution in [3.63, 3.8) is 0 Å². The normalized spacial score (nSPS) is 10.2. The number of halogens is 1. The maximum absolute atomic E-state index is 11.9. The van der Waals surface area contributed by atoms with Gasteiger partial charge in [0.25, 0.3) is 11.8 Å². The van der Waals surface area contributed by atoms with Crippen LogP contribution in [-0.4, -0.2) is 38.3 Å². The van der Waals surface area contributed by atoms with Crippen LogP contribution >= 0.6 is 15.9 Å². The van der Waals surface area contributed by atoms with E-state index in [1.807, 2.05) is 0 Å². The van der Waals surface area contributed by atoms with E-state index in [-0.39, 0.29) is 19.1 Å². The Hall–Kier alpha value is -3.31. The number of carbonyl (C=O) groups excluding carboxylic acids is 2. The Balaban J connectivity index is 1.98. The van der Waals surface area contributed by atoms with E-state index >= 15 is 0 Å². The van der Waals surface area contributed by atoms with Gasteiger partial charge in [0.05, 0.1) is 19.9 Å². The molecule has 0 unspecified atom stereocenters. The van der Waals surface area contributed by atoms with E-state index in [2.05, 4.69) is 37.7 Å². The van der Waals surface area contributed by atoms with Crippen LogP contribution in [0.25, 0.3) is 0 Å². The molecule has 0 aliphatic rings. The Morgan fingerprint density at radius 1 is 1.29 bits per heavy atom. The van der Waals surface area contributed by atoms with Gasteiger partial charge in [0.15, 0.2) is 11.5 Å². The number of hydrazone groups is 1. The molecule has 0 aliphatic heterocycles. The van der Waals surface area contributed by atoms with Crippen molar-refractivity contribution in [2.24, 2.45) is 5.10 Å². The smallest absolute Gasteiger partial charge is 0.259 e. The molecule has 0 aromatic heterocycles. The second kappa shape index (κ2) is 10.7. The van der Waals surface area contributed by atoms with E-state index in [1.165, 1.54) is 13.3 Å². The number of methoxy groups -OCH3 is 1. The van der Waals surface area contributed by atoms with Crippen LogP contribution in [0, 0.1) is 12.3 Å². The van der Waals surface area contributed by atoms with Crippen molar-refractivity contribution in [2.45, 2.75) is 0 Å². The minimum Gasteiger partial charge on any atom is -0.493 e. The van der Waals surface area contributed by atoms with Crippen LogP contribution in [0.3, 0.4) is 0 Å². The highest BCUT2D eigenvalue weighted by Crippen LogP contribution is 2.33. The zero-order valence-electron chi connectivity index (χ0n) is 15.1. The van der Waals surface area contributed by atoms with Gasteiger partial charge in [-0.25, -0.2) is 5.43 Å². The van der Waals surface area contributed by atoms with Crippen LogP contribution in [-0.2, 0) is 4.79 Å². The molecule has 0 saturated carbocycles. The van der Waals surface area contributed by atoms with Crippen LogP contribution in [0.1, 0.15) is 15.9 Å². The summed E-state index contributed by atoms with van der Waals surface area (Å²) in [5, 5.41) is 6.41. The van der Waals surface area contributed by atoms with Gasteiger partial charge in [0, 0.05) is 15.6 Å². The van der Waals surface area contributed by atoms with Crippen molar-refractivity contribution < 1.29 is 19.1 Å². The number of hydrogen-bond acceptors (Lipinski definition) is 5. The Morgan fingerprint density at radius 2 is 2.04 bits per heavy atom. The molecule has 0 spiro atoms. The van der Waals surface area contributed by atoms with E-state index in [1.54, 1.807) is 42.5 Å². The van der Waals surface area contributed by atoms with Crippen LogP contribution in [0.5, 0.6) is 11.5 Å². The van der Waals surface area contributed by atoms with E-state index in [0.29, 0.717) is 22.6 Å². The Bertz CT molecular complexity index is 908. The number of ether oxygens (including phenoxy) is 2. The third-order valence-corrected chi connectivity index (χ3v) is 3.86. The number of benzene rings is 2. The van der Waals surface area contributed by atoms with Crippen molar-refractivity contribution in [1.82, 2.24) is 10.7 Å². The largest absolute Gasteiger partial charge is 0.493 e. The highest BCUT2D eigenvalue weighted by atomic mass is 79.9. The fourth-order valence-corrected chi connectivity index (χ4v) is 2.62. The molecule has 28 heavy (non-hydrogen) atoms. The van der Waals surface area contributed by atoms with Crippen molar-refractivity contribution in [3.05, 3.63) is 58.1 Å². The SMILES string of the molecule is C#CCOc1c(/C=N\NC(=O)CNC(=O)c2ccccc2)cc(Br)cc1OC. The van der Waals surface area contributed by atoms with Gasteiger partial charge in [-0.15, -0.1) is 6.42 Å². The van der Waals surface area contributed by atoms with Gasteiger partial charge in [0.2, 0.25) is 0 Å². The number of nitrogens with one attached hydrogen (secondary N) is 2. The average molecular weight is 444 g/mol. The lowest BCUT2D eigenvalue weighted by atomic mass is 10.2. The second-order valence-electron chi connectivity index (χ2n) is 5.36. The third kappa shape index (κ3) is 6.14. The molecule has 2 N–H and O–H groups in total. The second-order valence-corrected chi connectivity index (χ2v) is 6.28. The lowest BCUT2D eigenvalue weighted by Crippen LogP contribution is -2.34. The molecule has 2 amide bonds. The molecule has 2 aromatic carbocycles. The van der Waals surface area contributed by atoms with E-state index in [9.17, 15) is 9.59 Å². The predicted molar refractivity (Wildman–Crippen MR) is 110 cm³/mol. The number of hydrogen-bond donors (Lipinski definition) is 2. The van der Waals surface area contributed by atoms with Gasteiger partial charge < -0.3 is 14.8 Å². The van der Waals surface area contributed by atoms with Crippen molar-refractivity contribution >= 4 is 34.0 Å². The molecule has 0 fully saturated rings. The molecule has 8 heteroatoms. The molecule has 7 nitrogen and oxygen atoms in total. The highest BCUT2D eigenvalue weighted by Gasteiger charge is 2.12. The van der Waals surface area contributed by atoms with Crippen LogP contribution in [0.2, 0.25) is 0 Å². The molecular formula is C20H18BrN3O4. The van der Waals surface area contributed by atoms with Crippen LogP contribution in [0.15, 0.2) is 52.0 Å². The predicted octanol–water partition coefficient (Wildman–Crippen LogP) is 2.35. The molecule has 0 bridgehead atoms. The summed E-state index contributed by atoms with van der Waals surface area (Å²) >= 11 is 3.37. The number of terminal acetylenes is 1. The van der Waals surface area contributed by atoms with Gasteiger partial charge in [-0.05, 0) is 24.3 Å². The molecule has 0 aliphatic carbocycles. The van der Waals surface area contributed by atoms with E-state index in [4.69, 9.17) is 15.9 Å². The zero-order valence-corrected chi connectivity index (χ0v) is 16.7. The van der Waals surface area contributed by atoms with Gasteiger partial charge in [-0.2, -0.15) is 5.10 Å². The third-order valence-electron chi connectivity index (χ3n) is 3.41. The first kappa shape index (κ1) is 21.0. The van der Waals surface area contributed by atoms with Gasteiger partial charge in [0.1, 0.15) is 6.61 Å². The summed E-state index contributed by atoms with van der Waals surface area (Å²) in [5.74, 6) is 2.42. The molecule has 2 aromatic rings. The molecular weight excluding hydrogens is 426 g/mol. The van der Waals surface area contributed by atoms with E-state index < -0.39 is 5.91 Å². The summed E-state index contributed by atoms with van der Waals surface area (Å²) in [6.07, 6.45) is 6.64. The summed E-state index contributed by atoms with van der Waals surface area (Å²) in [5.41, 5.74) is 3.36. The maximum Gasteiger partial charge on any atom is 0.259 e. The van der Waals surface area contributed by atoms with Crippen molar-refractivity contribution in [3.8, 4) is 23.8 Å². The molecule has 144 valence electrons. The molecule has 2 rings (SSSR count). The average Bonchev–Trinajstić information content (AvgIpc) is 2.71. The first-order valence-electron chi connectivity index (χ1n) is 8.14. The molecule has 0 radical (unpaired) electrons. The molecule has 0 heterocycles. The number of rotatable bonds is 8. The fraction of sp³-hybridized carbons (Fsp3) is 0.150. The number of carbonyl (C=O) groups is 2. The van der Waals surface area contributed by atoms with E-state index in [0.717, 1.165) is 4.47 Å². The fourth-order valence-electron chi connectivity index (χ4n) is 2.17. The Morgan fingerprint density at radius 3 is 2.71 bits per heavy atom. The number of amides is 2. The monoisotopic (exact) mass is 443 g/mol. The van der Waals surface area contributed by atoms with Gasteiger partial charge in [-0.3, -0.25) is 9.59 Å². The maximum atomic E-state index is 11.9.